The normalized spacial score (nSPS) is 18.8. The van der Waals surface area contributed by atoms with Gasteiger partial charge in [0.2, 0.25) is 0 Å². The van der Waals surface area contributed by atoms with E-state index in [9.17, 15) is 19.1 Å². The van der Waals surface area contributed by atoms with Gasteiger partial charge < -0.3 is 15.3 Å². The lowest BCUT2D eigenvalue weighted by atomic mass is 10.3. The third kappa shape index (κ3) is 2.65. The summed E-state index contributed by atoms with van der Waals surface area (Å²) >= 11 is 0. The average Bonchev–Trinajstić information content (AvgIpc) is 2.78. The number of nitrogens with zero attached hydrogens (tertiary/aromatic N) is 1. The van der Waals surface area contributed by atoms with E-state index in [1.165, 1.54) is 23.1 Å². The van der Waals surface area contributed by atoms with Gasteiger partial charge in [0, 0.05) is 13.1 Å². The van der Waals surface area contributed by atoms with Crippen LogP contribution in [0.5, 0.6) is 0 Å². The van der Waals surface area contributed by atoms with Crippen LogP contribution >= 0.6 is 0 Å². The number of hydrogen-bond acceptors (Lipinski definition) is 3. The number of aliphatic hydroxyl groups excluding tert-OH is 1. The second-order valence-corrected chi connectivity index (χ2v) is 4.13. The van der Waals surface area contributed by atoms with Crippen molar-refractivity contribution in [2.75, 3.05) is 18.4 Å². The molecule has 1 fully saturated rings. The first-order chi connectivity index (χ1) is 8.58. The molecule has 1 saturated heterocycles. The molecule has 1 aliphatic heterocycles. The molecule has 1 atom stereocenters. The SMILES string of the molecule is O=C(Nc1ccccc1F)C(=O)N1CC[C@@H](O)C1. The van der Waals surface area contributed by atoms with Crippen LogP contribution in [0.4, 0.5) is 10.1 Å². The number of rotatable bonds is 1. The van der Waals surface area contributed by atoms with Crippen molar-refractivity contribution in [2.45, 2.75) is 12.5 Å². The molecule has 0 saturated carbocycles. The summed E-state index contributed by atoms with van der Waals surface area (Å²) in [6.45, 7) is 0.480. The van der Waals surface area contributed by atoms with Crippen LogP contribution in [0.1, 0.15) is 6.42 Å². The van der Waals surface area contributed by atoms with Crippen LogP contribution in [-0.2, 0) is 9.59 Å². The number of carbonyl (C=O) groups is 2. The number of anilines is 1. The van der Waals surface area contributed by atoms with Gasteiger partial charge in [-0.2, -0.15) is 0 Å². The van der Waals surface area contributed by atoms with Crippen molar-refractivity contribution in [3.8, 4) is 0 Å². The number of amides is 2. The third-order valence-corrected chi connectivity index (χ3v) is 2.77. The topological polar surface area (TPSA) is 69.6 Å². The van der Waals surface area contributed by atoms with E-state index in [0.29, 0.717) is 13.0 Å². The smallest absolute Gasteiger partial charge is 0.313 e. The first-order valence-corrected chi connectivity index (χ1v) is 5.61. The predicted octanol–water partition coefficient (Wildman–Crippen LogP) is 0.357. The number of carbonyl (C=O) groups excluding carboxylic acids is 2. The van der Waals surface area contributed by atoms with Gasteiger partial charge in [0.25, 0.3) is 0 Å². The van der Waals surface area contributed by atoms with E-state index in [4.69, 9.17) is 0 Å². The number of halogens is 1. The number of likely N-dealkylation sites (tertiary alicyclic amines) is 1. The minimum absolute atomic E-state index is 0.0319. The van der Waals surface area contributed by atoms with Gasteiger partial charge in [0.05, 0.1) is 11.8 Å². The summed E-state index contributed by atoms with van der Waals surface area (Å²) in [5.41, 5.74) is -0.0319. The highest BCUT2D eigenvalue weighted by Gasteiger charge is 2.29. The monoisotopic (exact) mass is 252 g/mol. The van der Waals surface area contributed by atoms with Gasteiger partial charge in [-0.05, 0) is 18.6 Å². The number of para-hydroxylation sites is 1. The molecule has 96 valence electrons. The van der Waals surface area contributed by atoms with Crippen LogP contribution in [0, 0.1) is 5.82 Å². The fourth-order valence-corrected chi connectivity index (χ4v) is 1.81. The second kappa shape index (κ2) is 5.14. The lowest BCUT2D eigenvalue weighted by molar-refractivity contribution is -0.142. The Bertz CT molecular complexity index is 478. The van der Waals surface area contributed by atoms with Crippen molar-refractivity contribution in [1.82, 2.24) is 4.90 Å². The highest BCUT2D eigenvalue weighted by molar-refractivity contribution is 6.39. The molecule has 1 aliphatic rings. The molecule has 1 aromatic rings. The summed E-state index contributed by atoms with van der Waals surface area (Å²) < 4.78 is 13.3. The zero-order valence-corrected chi connectivity index (χ0v) is 9.60. The summed E-state index contributed by atoms with van der Waals surface area (Å²) in [6, 6.07) is 5.62. The number of hydrogen-bond donors (Lipinski definition) is 2. The van der Waals surface area contributed by atoms with Gasteiger partial charge in [-0.25, -0.2) is 4.39 Å². The summed E-state index contributed by atoms with van der Waals surface area (Å²) in [4.78, 5) is 24.5. The Kier molecular flexibility index (Phi) is 3.57. The summed E-state index contributed by atoms with van der Waals surface area (Å²) in [5.74, 6) is -2.25. The first kappa shape index (κ1) is 12.5. The second-order valence-electron chi connectivity index (χ2n) is 4.13. The Morgan fingerprint density at radius 3 is 2.72 bits per heavy atom. The summed E-state index contributed by atoms with van der Waals surface area (Å²) in [6.07, 6.45) is -0.131. The van der Waals surface area contributed by atoms with Crippen molar-refractivity contribution in [2.24, 2.45) is 0 Å². The highest BCUT2D eigenvalue weighted by Crippen LogP contribution is 2.14. The van der Waals surface area contributed by atoms with Crippen LogP contribution < -0.4 is 5.32 Å². The zero-order valence-electron chi connectivity index (χ0n) is 9.60. The molecule has 0 unspecified atom stereocenters. The number of benzene rings is 1. The highest BCUT2D eigenvalue weighted by atomic mass is 19.1. The van der Waals surface area contributed by atoms with E-state index in [-0.39, 0.29) is 12.2 Å². The number of nitrogens with one attached hydrogen (secondary N) is 1. The summed E-state index contributed by atoms with van der Waals surface area (Å²) in [7, 11) is 0. The van der Waals surface area contributed by atoms with E-state index in [0.717, 1.165) is 0 Å². The maximum Gasteiger partial charge on any atom is 0.313 e. The molecule has 0 aromatic heterocycles. The maximum atomic E-state index is 13.3. The van der Waals surface area contributed by atoms with Gasteiger partial charge in [0.15, 0.2) is 0 Å². The van der Waals surface area contributed by atoms with E-state index in [1.54, 1.807) is 6.07 Å². The van der Waals surface area contributed by atoms with E-state index >= 15 is 0 Å². The van der Waals surface area contributed by atoms with Gasteiger partial charge in [-0.3, -0.25) is 9.59 Å². The molecule has 2 amide bonds. The molecule has 0 aliphatic carbocycles. The molecule has 5 nitrogen and oxygen atoms in total. The quantitative estimate of drug-likeness (QED) is 0.709. The number of aliphatic hydroxyl groups is 1. The predicted molar refractivity (Wildman–Crippen MR) is 62.2 cm³/mol. The van der Waals surface area contributed by atoms with E-state index in [1.807, 2.05) is 0 Å². The van der Waals surface area contributed by atoms with Gasteiger partial charge in [0.1, 0.15) is 5.82 Å². The molecule has 0 radical (unpaired) electrons. The Morgan fingerprint density at radius 1 is 1.39 bits per heavy atom. The lowest BCUT2D eigenvalue weighted by Gasteiger charge is -2.14. The van der Waals surface area contributed by atoms with Gasteiger partial charge in [-0.1, -0.05) is 12.1 Å². The van der Waals surface area contributed by atoms with Crippen LogP contribution in [-0.4, -0.2) is 41.0 Å². The van der Waals surface area contributed by atoms with Crippen molar-refractivity contribution >= 4 is 17.5 Å². The minimum Gasteiger partial charge on any atom is -0.391 e. The fraction of sp³-hybridized carbons (Fsp3) is 0.333. The Morgan fingerprint density at radius 2 is 2.11 bits per heavy atom. The van der Waals surface area contributed by atoms with Crippen LogP contribution in [0.15, 0.2) is 24.3 Å². The molecule has 0 bridgehead atoms. The van der Waals surface area contributed by atoms with Crippen molar-refractivity contribution in [3.63, 3.8) is 0 Å². The molecule has 0 spiro atoms. The van der Waals surface area contributed by atoms with E-state index < -0.39 is 23.7 Å². The first-order valence-electron chi connectivity index (χ1n) is 5.61. The van der Waals surface area contributed by atoms with Crippen LogP contribution in [0.3, 0.4) is 0 Å². The lowest BCUT2D eigenvalue weighted by Crippen LogP contribution is -2.38. The standard InChI is InChI=1S/C12H13FN2O3/c13-9-3-1-2-4-10(9)14-11(17)12(18)15-6-5-8(16)7-15/h1-4,8,16H,5-7H2,(H,14,17)/t8-/m1/s1. The van der Waals surface area contributed by atoms with Crippen molar-refractivity contribution in [1.29, 1.82) is 0 Å². The number of β-amino-alcohol motifs (C(OH)–C–C–N with tert-alkyl or cyclic N) is 1. The molecular formula is C12H13FN2O3. The minimum atomic E-state index is -0.894. The molecule has 18 heavy (non-hydrogen) atoms. The molecule has 1 aromatic carbocycles. The van der Waals surface area contributed by atoms with Crippen LogP contribution in [0.25, 0.3) is 0 Å². The zero-order chi connectivity index (χ0) is 13.1. The average molecular weight is 252 g/mol. The van der Waals surface area contributed by atoms with Crippen LogP contribution in [0.2, 0.25) is 0 Å². The maximum absolute atomic E-state index is 13.3. The van der Waals surface area contributed by atoms with Crippen molar-refractivity contribution in [3.05, 3.63) is 30.1 Å². The van der Waals surface area contributed by atoms with E-state index in [2.05, 4.69) is 5.32 Å². The largest absolute Gasteiger partial charge is 0.391 e. The third-order valence-electron chi connectivity index (χ3n) is 2.77. The van der Waals surface area contributed by atoms with Crippen molar-refractivity contribution < 1.29 is 19.1 Å². The Labute approximate surface area is 103 Å². The summed E-state index contributed by atoms with van der Waals surface area (Å²) in [5, 5.41) is 11.5. The van der Waals surface area contributed by atoms with Gasteiger partial charge in [-0.15, -0.1) is 0 Å². The Balaban J connectivity index is 2.00. The Hall–Kier alpha value is -1.95. The van der Waals surface area contributed by atoms with Gasteiger partial charge >= 0.3 is 11.8 Å². The molecule has 2 N–H and O–H groups in total. The molecule has 1 heterocycles. The molecule has 2 rings (SSSR count). The molecule has 6 heteroatoms. The molecular weight excluding hydrogens is 239 g/mol. The fourth-order valence-electron chi connectivity index (χ4n) is 1.81.